The van der Waals surface area contributed by atoms with Crippen LogP contribution in [0, 0.1) is 18.3 Å². The summed E-state index contributed by atoms with van der Waals surface area (Å²) in [6.45, 7) is 4.18. The standard InChI is InChI=1S/C20H18N6O2/c1-14-23-19(28-24-14)15-4-6-16(7-5-15)20(27)26-11-9-25(10-12-26)18-17(13-21)3-2-8-22-18/h2-8H,9-12H2,1H3. The van der Waals surface area contributed by atoms with Crippen LogP contribution in [-0.4, -0.2) is 52.1 Å². The summed E-state index contributed by atoms with van der Waals surface area (Å²) in [6, 6.07) is 12.8. The van der Waals surface area contributed by atoms with Gasteiger partial charge in [-0.05, 0) is 43.3 Å². The van der Waals surface area contributed by atoms with Crippen molar-refractivity contribution in [3.63, 3.8) is 0 Å². The van der Waals surface area contributed by atoms with E-state index in [1.807, 2.05) is 21.9 Å². The second-order valence-electron chi connectivity index (χ2n) is 6.49. The summed E-state index contributed by atoms with van der Waals surface area (Å²) in [7, 11) is 0. The zero-order valence-corrected chi connectivity index (χ0v) is 15.4. The highest BCUT2D eigenvalue weighted by atomic mass is 16.5. The van der Waals surface area contributed by atoms with E-state index in [2.05, 4.69) is 21.2 Å². The molecule has 1 aromatic carbocycles. The van der Waals surface area contributed by atoms with Crippen LogP contribution in [0.25, 0.3) is 11.5 Å². The van der Waals surface area contributed by atoms with E-state index in [1.54, 1.807) is 37.4 Å². The minimum Gasteiger partial charge on any atom is -0.352 e. The third kappa shape index (κ3) is 3.42. The summed E-state index contributed by atoms with van der Waals surface area (Å²) < 4.78 is 5.15. The number of aromatic nitrogens is 3. The Kier molecular flexibility index (Phi) is 4.72. The number of carbonyl (C=O) groups is 1. The summed E-state index contributed by atoms with van der Waals surface area (Å²) >= 11 is 0. The Hall–Kier alpha value is -3.73. The highest BCUT2D eigenvalue weighted by Gasteiger charge is 2.24. The molecule has 0 unspecified atom stereocenters. The molecule has 28 heavy (non-hydrogen) atoms. The molecule has 1 saturated heterocycles. The number of aryl methyl sites for hydroxylation is 1. The minimum atomic E-state index is -0.0190. The van der Waals surface area contributed by atoms with Crippen LogP contribution in [-0.2, 0) is 0 Å². The number of rotatable bonds is 3. The fourth-order valence-electron chi connectivity index (χ4n) is 3.21. The van der Waals surface area contributed by atoms with E-state index in [-0.39, 0.29) is 5.91 Å². The number of carbonyl (C=O) groups excluding carboxylic acids is 1. The van der Waals surface area contributed by atoms with Gasteiger partial charge >= 0.3 is 0 Å². The molecule has 3 aromatic rings. The van der Waals surface area contributed by atoms with E-state index in [0.717, 1.165) is 5.56 Å². The summed E-state index contributed by atoms with van der Waals surface area (Å²) in [5, 5.41) is 13.0. The van der Waals surface area contributed by atoms with Crippen LogP contribution in [0.3, 0.4) is 0 Å². The summed E-state index contributed by atoms with van der Waals surface area (Å²) in [6.07, 6.45) is 1.68. The molecule has 0 aliphatic carbocycles. The highest BCUT2D eigenvalue weighted by molar-refractivity contribution is 5.94. The van der Waals surface area contributed by atoms with Gasteiger partial charge < -0.3 is 14.3 Å². The van der Waals surface area contributed by atoms with Crippen LogP contribution in [0.5, 0.6) is 0 Å². The van der Waals surface area contributed by atoms with Crippen molar-refractivity contribution in [1.82, 2.24) is 20.0 Å². The van der Waals surface area contributed by atoms with Gasteiger partial charge in [0.2, 0.25) is 0 Å². The first-order valence-electron chi connectivity index (χ1n) is 8.96. The maximum absolute atomic E-state index is 12.8. The van der Waals surface area contributed by atoms with Crippen LogP contribution in [0.15, 0.2) is 47.1 Å². The lowest BCUT2D eigenvalue weighted by atomic mass is 10.1. The molecule has 0 saturated carbocycles. The predicted octanol–water partition coefficient (Wildman–Crippen LogP) is 2.27. The van der Waals surface area contributed by atoms with Crippen LogP contribution < -0.4 is 4.90 Å². The van der Waals surface area contributed by atoms with Crippen molar-refractivity contribution in [3.05, 3.63) is 59.5 Å². The van der Waals surface area contributed by atoms with Gasteiger partial charge in [0, 0.05) is 43.5 Å². The van der Waals surface area contributed by atoms with Crippen molar-refractivity contribution in [2.24, 2.45) is 0 Å². The molecule has 1 aliphatic heterocycles. The molecule has 0 spiro atoms. The molecule has 3 heterocycles. The Morgan fingerprint density at radius 2 is 1.89 bits per heavy atom. The summed E-state index contributed by atoms with van der Waals surface area (Å²) in [5.74, 6) is 1.67. The van der Waals surface area contributed by atoms with E-state index in [4.69, 9.17) is 4.52 Å². The smallest absolute Gasteiger partial charge is 0.257 e. The number of hydrogen-bond donors (Lipinski definition) is 0. The van der Waals surface area contributed by atoms with Gasteiger partial charge in [-0.25, -0.2) is 4.98 Å². The highest BCUT2D eigenvalue weighted by Crippen LogP contribution is 2.21. The second-order valence-corrected chi connectivity index (χ2v) is 6.49. The molecule has 0 N–H and O–H groups in total. The number of anilines is 1. The maximum Gasteiger partial charge on any atom is 0.257 e. The van der Waals surface area contributed by atoms with Crippen LogP contribution in [0.1, 0.15) is 21.7 Å². The average Bonchev–Trinajstić information content (AvgIpc) is 3.20. The van der Waals surface area contributed by atoms with Gasteiger partial charge in [0.1, 0.15) is 11.9 Å². The van der Waals surface area contributed by atoms with Crippen molar-refractivity contribution in [3.8, 4) is 17.5 Å². The molecular weight excluding hydrogens is 356 g/mol. The van der Waals surface area contributed by atoms with Gasteiger partial charge in [-0.3, -0.25) is 4.79 Å². The third-order valence-corrected chi connectivity index (χ3v) is 4.68. The first kappa shape index (κ1) is 17.7. The van der Waals surface area contributed by atoms with Crippen LogP contribution >= 0.6 is 0 Å². The Morgan fingerprint density at radius 3 is 2.54 bits per heavy atom. The Bertz CT molecular complexity index is 1030. The average molecular weight is 374 g/mol. The second kappa shape index (κ2) is 7.48. The number of hydrogen-bond acceptors (Lipinski definition) is 7. The molecule has 1 aliphatic rings. The number of piperazine rings is 1. The van der Waals surface area contributed by atoms with Crippen LogP contribution in [0.2, 0.25) is 0 Å². The van der Waals surface area contributed by atoms with E-state index in [0.29, 0.717) is 54.8 Å². The predicted molar refractivity (Wildman–Crippen MR) is 102 cm³/mol. The minimum absolute atomic E-state index is 0.0190. The van der Waals surface area contributed by atoms with Crippen molar-refractivity contribution in [2.75, 3.05) is 31.1 Å². The Balaban J connectivity index is 1.42. The topological polar surface area (TPSA) is 99.2 Å². The number of benzene rings is 1. The molecule has 0 atom stereocenters. The number of nitrogens with zero attached hydrogens (tertiary/aromatic N) is 6. The largest absolute Gasteiger partial charge is 0.352 e. The lowest BCUT2D eigenvalue weighted by molar-refractivity contribution is 0.0746. The molecule has 140 valence electrons. The van der Waals surface area contributed by atoms with Gasteiger partial charge in [-0.2, -0.15) is 10.2 Å². The SMILES string of the molecule is Cc1noc(-c2ccc(C(=O)N3CCN(c4ncccc4C#N)CC3)cc2)n1. The molecule has 1 fully saturated rings. The molecule has 8 nitrogen and oxygen atoms in total. The van der Waals surface area contributed by atoms with Gasteiger partial charge in [-0.1, -0.05) is 5.16 Å². The van der Waals surface area contributed by atoms with Crippen molar-refractivity contribution in [2.45, 2.75) is 6.92 Å². The fraction of sp³-hybridized carbons (Fsp3) is 0.250. The Morgan fingerprint density at radius 1 is 1.14 bits per heavy atom. The van der Waals surface area contributed by atoms with Crippen molar-refractivity contribution < 1.29 is 9.32 Å². The molecule has 2 aromatic heterocycles. The molecule has 4 rings (SSSR count). The number of amides is 1. The van der Waals surface area contributed by atoms with E-state index in [9.17, 15) is 10.1 Å². The lowest BCUT2D eigenvalue weighted by Gasteiger charge is -2.35. The summed E-state index contributed by atoms with van der Waals surface area (Å²) in [5.41, 5.74) is 1.94. The van der Waals surface area contributed by atoms with Crippen LogP contribution in [0.4, 0.5) is 5.82 Å². The fourth-order valence-corrected chi connectivity index (χ4v) is 3.21. The van der Waals surface area contributed by atoms with Gasteiger partial charge in [0.05, 0.1) is 5.56 Å². The number of nitriles is 1. The normalized spacial score (nSPS) is 14.0. The van der Waals surface area contributed by atoms with Crippen molar-refractivity contribution >= 4 is 11.7 Å². The van der Waals surface area contributed by atoms with E-state index < -0.39 is 0 Å². The van der Waals surface area contributed by atoms with Gasteiger partial charge in [0.15, 0.2) is 5.82 Å². The zero-order chi connectivity index (χ0) is 19.5. The number of pyridine rings is 1. The molecule has 1 amide bonds. The Labute approximate surface area is 162 Å². The maximum atomic E-state index is 12.8. The first-order chi connectivity index (χ1) is 13.7. The molecule has 0 radical (unpaired) electrons. The third-order valence-electron chi connectivity index (χ3n) is 4.68. The van der Waals surface area contributed by atoms with E-state index in [1.165, 1.54) is 0 Å². The molecule has 0 bridgehead atoms. The quantitative estimate of drug-likeness (QED) is 0.693. The summed E-state index contributed by atoms with van der Waals surface area (Å²) in [4.78, 5) is 25.2. The molecular formula is C20H18N6O2. The zero-order valence-electron chi connectivity index (χ0n) is 15.4. The lowest BCUT2D eigenvalue weighted by Crippen LogP contribution is -2.49. The monoisotopic (exact) mass is 374 g/mol. The first-order valence-corrected chi connectivity index (χ1v) is 8.96. The van der Waals surface area contributed by atoms with E-state index >= 15 is 0 Å². The van der Waals surface area contributed by atoms with Gasteiger partial charge in [0.25, 0.3) is 11.8 Å². The van der Waals surface area contributed by atoms with Gasteiger partial charge in [-0.15, -0.1) is 0 Å². The van der Waals surface area contributed by atoms with Crippen molar-refractivity contribution in [1.29, 1.82) is 5.26 Å². The molecule has 8 heteroatoms.